The molecule has 0 bridgehead atoms. The molecule has 1 fully saturated rings. The third kappa shape index (κ3) is 3.43. The summed E-state index contributed by atoms with van der Waals surface area (Å²) in [6.45, 7) is 4.02. The molecule has 9 heteroatoms. The van der Waals surface area contributed by atoms with Crippen molar-refractivity contribution in [1.82, 2.24) is 19.4 Å². The molecule has 0 aliphatic carbocycles. The highest BCUT2D eigenvalue weighted by atomic mass is 16.6. The minimum Gasteiger partial charge on any atom is -0.486 e. The van der Waals surface area contributed by atoms with Crippen LogP contribution in [0.25, 0.3) is 11.0 Å². The van der Waals surface area contributed by atoms with Gasteiger partial charge in [0.1, 0.15) is 18.9 Å². The van der Waals surface area contributed by atoms with Gasteiger partial charge in [-0.2, -0.15) is 0 Å². The number of amides is 1. The summed E-state index contributed by atoms with van der Waals surface area (Å²) in [6, 6.07) is 7.23. The summed E-state index contributed by atoms with van der Waals surface area (Å²) in [5.41, 5.74) is 0.582. The molecule has 1 atom stereocenters. The summed E-state index contributed by atoms with van der Waals surface area (Å²) in [6.07, 6.45) is 3.88. The Hall–Kier alpha value is -3.62. The summed E-state index contributed by atoms with van der Waals surface area (Å²) >= 11 is 0. The zero-order chi connectivity index (χ0) is 22.2. The topological polar surface area (TPSA) is 107 Å². The predicted molar refractivity (Wildman–Crippen MR) is 117 cm³/mol. The highest BCUT2D eigenvalue weighted by Crippen LogP contribution is 2.38. The Balaban J connectivity index is 1.49. The van der Waals surface area contributed by atoms with Crippen molar-refractivity contribution in [2.24, 2.45) is 0 Å². The Labute approximate surface area is 183 Å². The fourth-order valence-corrected chi connectivity index (χ4v) is 4.51. The van der Waals surface area contributed by atoms with E-state index in [0.29, 0.717) is 55.4 Å². The number of H-pyrrole nitrogens is 1. The Morgan fingerprint density at radius 3 is 2.81 bits per heavy atom. The van der Waals surface area contributed by atoms with Crippen LogP contribution in [0, 0.1) is 0 Å². The number of carbonyl (C=O) groups excluding carboxylic acids is 1. The molecule has 166 valence electrons. The van der Waals surface area contributed by atoms with Gasteiger partial charge >= 0.3 is 5.69 Å². The van der Waals surface area contributed by atoms with E-state index in [1.54, 1.807) is 0 Å². The van der Waals surface area contributed by atoms with Crippen molar-refractivity contribution in [1.29, 1.82) is 0 Å². The van der Waals surface area contributed by atoms with Crippen LogP contribution in [0.5, 0.6) is 11.5 Å². The first-order valence-electron chi connectivity index (χ1n) is 10.9. The van der Waals surface area contributed by atoms with Crippen LogP contribution < -0.4 is 20.7 Å². The molecule has 1 unspecified atom stereocenters. The Bertz CT molecular complexity index is 1310. The van der Waals surface area contributed by atoms with Crippen molar-refractivity contribution in [3.63, 3.8) is 0 Å². The Morgan fingerprint density at radius 1 is 1.19 bits per heavy atom. The van der Waals surface area contributed by atoms with Gasteiger partial charge in [-0.15, -0.1) is 0 Å². The first-order valence-corrected chi connectivity index (χ1v) is 10.9. The van der Waals surface area contributed by atoms with Gasteiger partial charge in [-0.25, -0.2) is 9.78 Å². The normalized spacial score (nSPS) is 17.7. The van der Waals surface area contributed by atoms with Gasteiger partial charge in [-0.05, 0) is 43.0 Å². The number of nitrogens with one attached hydrogen (secondary N) is 1. The van der Waals surface area contributed by atoms with Crippen molar-refractivity contribution < 1.29 is 14.3 Å². The van der Waals surface area contributed by atoms with Gasteiger partial charge in [0, 0.05) is 19.3 Å². The van der Waals surface area contributed by atoms with Crippen LogP contribution in [0.2, 0.25) is 0 Å². The van der Waals surface area contributed by atoms with Crippen molar-refractivity contribution in [2.45, 2.75) is 38.8 Å². The zero-order valence-electron chi connectivity index (χ0n) is 17.8. The number of aryl methyl sites for hydroxylation is 1. The van der Waals surface area contributed by atoms with E-state index < -0.39 is 11.2 Å². The molecule has 1 saturated heterocycles. The number of likely N-dealkylation sites (tertiary alicyclic amines) is 1. The van der Waals surface area contributed by atoms with Crippen molar-refractivity contribution >= 4 is 16.9 Å². The van der Waals surface area contributed by atoms with Crippen molar-refractivity contribution in [2.75, 3.05) is 19.8 Å². The second kappa shape index (κ2) is 8.14. The SMILES string of the molecule is CCCn1c(=O)[nH]c(=O)c2cc(C(=O)N3CCCC3c3ccc4c(c3)OCCO4)cnc21. The Morgan fingerprint density at radius 2 is 2.00 bits per heavy atom. The zero-order valence-corrected chi connectivity index (χ0v) is 17.8. The van der Waals surface area contributed by atoms with Gasteiger partial charge in [-0.1, -0.05) is 13.0 Å². The van der Waals surface area contributed by atoms with Crippen LogP contribution in [0.1, 0.15) is 48.1 Å². The first-order chi connectivity index (χ1) is 15.6. The summed E-state index contributed by atoms with van der Waals surface area (Å²) in [4.78, 5) is 46.4. The van der Waals surface area contributed by atoms with E-state index in [1.165, 1.54) is 16.8 Å². The number of pyridine rings is 1. The van der Waals surface area contributed by atoms with Crippen molar-refractivity contribution in [3.8, 4) is 11.5 Å². The quantitative estimate of drug-likeness (QED) is 0.672. The molecule has 9 nitrogen and oxygen atoms in total. The third-order valence-electron chi connectivity index (χ3n) is 5.99. The fraction of sp³-hybridized carbons (Fsp3) is 0.391. The van der Waals surface area contributed by atoms with Gasteiger partial charge in [0.25, 0.3) is 11.5 Å². The summed E-state index contributed by atoms with van der Waals surface area (Å²) < 4.78 is 12.7. The van der Waals surface area contributed by atoms with E-state index in [4.69, 9.17) is 9.47 Å². The number of carbonyl (C=O) groups is 1. The number of rotatable bonds is 4. The molecule has 3 aromatic rings. The molecule has 4 heterocycles. The van der Waals surface area contributed by atoms with Gasteiger partial charge in [0.05, 0.1) is 17.0 Å². The van der Waals surface area contributed by atoms with Gasteiger partial charge < -0.3 is 14.4 Å². The van der Waals surface area contributed by atoms with Crippen LogP contribution >= 0.6 is 0 Å². The molecular formula is C23H24N4O5. The molecule has 0 saturated carbocycles. The van der Waals surface area contributed by atoms with Crippen LogP contribution in [0.15, 0.2) is 40.1 Å². The number of fused-ring (bicyclic) bond motifs is 2. The molecule has 0 radical (unpaired) electrons. The lowest BCUT2D eigenvalue weighted by molar-refractivity contribution is 0.0735. The second-order valence-electron chi connectivity index (χ2n) is 8.07. The van der Waals surface area contributed by atoms with E-state index in [2.05, 4.69) is 9.97 Å². The summed E-state index contributed by atoms with van der Waals surface area (Å²) in [5.74, 6) is 1.22. The smallest absolute Gasteiger partial charge is 0.329 e. The summed E-state index contributed by atoms with van der Waals surface area (Å²) in [5, 5.41) is 0.235. The minimum atomic E-state index is -0.538. The van der Waals surface area contributed by atoms with Gasteiger partial charge in [-0.3, -0.25) is 19.1 Å². The van der Waals surface area contributed by atoms with Crippen LogP contribution in [-0.2, 0) is 6.54 Å². The average molecular weight is 436 g/mol. The van der Waals surface area contributed by atoms with Crippen LogP contribution in [-0.4, -0.2) is 45.1 Å². The highest BCUT2D eigenvalue weighted by Gasteiger charge is 2.32. The number of hydrogen-bond donors (Lipinski definition) is 1. The van der Waals surface area contributed by atoms with Gasteiger partial charge in [0.2, 0.25) is 0 Å². The number of aromatic nitrogens is 3. The van der Waals surface area contributed by atoms with E-state index >= 15 is 0 Å². The maximum atomic E-state index is 13.4. The van der Waals surface area contributed by atoms with E-state index in [9.17, 15) is 14.4 Å². The molecule has 1 aromatic carbocycles. The van der Waals surface area contributed by atoms with Crippen LogP contribution in [0.4, 0.5) is 0 Å². The Kier molecular flexibility index (Phi) is 5.16. The average Bonchev–Trinajstić information content (AvgIpc) is 3.30. The fourth-order valence-electron chi connectivity index (χ4n) is 4.51. The largest absolute Gasteiger partial charge is 0.486 e. The molecular weight excluding hydrogens is 412 g/mol. The molecule has 2 aromatic heterocycles. The van der Waals surface area contributed by atoms with E-state index in [1.807, 2.05) is 30.0 Å². The van der Waals surface area contributed by atoms with Crippen molar-refractivity contribution in [3.05, 3.63) is 62.4 Å². The lowest BCUT2D eigenvalue weighted by Gasteiger charge is -2.27. The van der Waals surface area contributed by atoms with E-state index in [0.717, 1.165) is 18.4 Å². The molecule has 0 spiro atoms. The maximum absolute atomic E-state index is 13.4. The monoisotopic (exact) mass is 436 g/mol. The van der Waals surface area contributed by atoms with Crippen LogP contribution in [0.3, 0.4) is 0 Å². The lowest BCUT2D eigenvalue weighted by atomic mass is 10.0. The number of hydrogen-bond acceptors (Lipinski definition) is 6. The molecule has 32 heavy (non-hydrogen) atoms. The number of nitrogens with zero attached hydrogens (tertiary/aromatic N) is 3. The minimum absolute atomic E-state index is 0.0960. The molecule has 1 N–H and O–H groups in total. The molecule has 2 aliphatic rings. The number of ether oxygens (including phenoxy) is 2. The summed E-state index contributed by atoms with van der Waals surface area (Å²) in [7, 11) is 0. The maximum Gasteiger partial charge on any atom is 0.329 e. The van der Waals surface area contributed by atoms with E-state index in [-0.39, 0.29) is 17.3 Å². The highest BCUT2D eigenvalue weighted by molar-refractivity contribution is 5.97. The lowest BCUT2D eigenvalue weighted by Crippen LogP contribution is -2.33. The molecule has 1 amide bonds. The molecule has 2 aliphatic heterocycles. The number of aromatic amines is 1. The first kappa shape index (κ1) is 20.3. The molecule has 5 rings (SSSR count). The standard InChI is InChI=1S/C23H24N4O5/c1-2-7-27-20-16(21(28)25-23(27)30)11-15(13-24-20)22(29)26-8-3-4-17(26)14-5-6-18-19(12-14)32-10-9-31-18/h5-6,11-13,17H,2-4,7-10H2,1H3,(H,25,28,30). The predicted octanol–water partition coefficient (Wildman–Crippen LogP) is 2.24. The third-order valence-corrected chi connectivity index (χ3v) is 5.99. The second-order valence-corrected chi connectivity index (χ2v) is 8.07. The van der Waals surface area contributed by atoms with Gasteiger partial charge in [0.15, 0.2) is 11.5 Å². The number of benzene rings is 1.